The molecule has 0 saturated carbocycles. The SMILES string of the molecule is Cn1c(C(C)(C)Oc2ccc(F)cc2F)nc2cc(N)ccc21. The van der Waals surface area contributed by atoms with Gasteiger partial charge in [-0.1, -0.05) is 0 Å². The van der Waals surface area contributed by atoms with Gasteiger partial charge in [-0.3, -0.25) is 0 Å². The maximum atomic E-state index is 13.8. The predicted octanol–water partition coefficient (Wildman–Crippen LogP) is 3.75. The monoisotopic (exact) mass is 317 g/mol. The van der Waals surface area contributed by atoms with Crippen LogP contribution < -0.4 is 10.5 Å². The van der Waals surface area contributed by atoms with E-state index in [1.807, 2.05) is 17.7 Å². The molecule has 0 bridgehead atoms. The summed E-state index contributed by atoms with van der Waals surface area (Å²) in [5.41, 5.74) is 7.11. The van der Waals surface area contributed by atoms with Gasteiger partial charge in [-0.05, 0) is 44.2 Å². The quantitative estimate of drug-likeness (QED) is 0.749. The van der Waals surface area contributed by atoms with Crippen molar-refractivity contribution in [2.75, 3.05) is 5.73 Å². The van der Waals surface area contributed by atoms with Gasteiger partial charge < -0.3 is 15.0 Å². The van der Waals surface area contributed by atoms with Crippen molar-refractivity contribution in [1.82, 2.24) is 9.55 Å². The van der Waals surface area contributed by atoms with E-state index in [0.717, 1.165) is 23.2 Å². The minimum absolute atomic E-state index is 0.0250. The third-order valence-electron chi connectivity index (χ3n) is 3.70. The van der Waals surface area contributed by atoms with Crippen molar-refractivity contribution in [2.24, 2.45) is 7.05 Å². The molecule has 0 spiro atoms. The van der Waals surface area contributed by atoms with E-state index < -0.39 is 17.2 Å². The molecule has 6 heteroatoms. The van der Waals surface area contributed by atoms with Crippen LogP contribution in [-0.4, -0.2) is 9.55 Å². The largest absolute Gasteiger partial charge is 0.477 e. The molecular formula is C17H17F2N3O. The van der Waals surface area contributed by atoms with E-state index in [4.69, 9.17) is 10.5 Å². The van der Waals surface area contributed by atoms with Gasteiger partial charge in [-0.15, -0.1) is 0 Å². The molecule has 0 saturated heterocycles. The Morgan fingerprint density at radius 1 is 1.13 bits per heavy atom. The zero-order chi connectivity index (χ0) is 16.8. The highest BCUT2D eigenvalue weighted by molar-refractivity contribution is 5.79. The summed E-state index contributed by atoms with van der Waals surface area (Å²) in [7, 11) is 1.85. The Morgan fingerprint density at radius 2 is 1.87 bits per heavy atom. The van der Waals surface area contributed by atoms with Gasteiger partial charge in [0.15, 0.2) is 23.0 Å². The summed E-state index contributed by atoms with van der Waals surface area (Å²) in [5.74, 6) is -0.809. The molecule has 23 heavy (non-hydrogen) atoms. The fraction of sp³-hybridized carbons (Fsp3) is 0.235. The number of nitrogens with zero attached hydrogens (tertiary/aromatic N) is 2. The summed E-state index contributed by atoms with van der Waals surface area (Å²) in [4.78, 5) is 4.55. The molecular weight excluding hydrogens is 300 g/mol. The second kappa shape index (κ2) is 5.22. The van der Waals surface area contributed by atoms with E-state index in [-0.39, 0.29) is 5.75 Å². The molecule has 0 atom stereocenters. The zero-order valence-corrected chi connectivity index (χ0v) is 13.1. The average molecular weight is 317 g/mol. The minimum atomic E-state index is -0.915. The van der Waals surface area contributed by atoms with Crippen LogP contribution in [0.1, 0.15) is 19.7 Å². The maximum Gasteiger partial charge on any atom is 0.168 e. The average Bonchev–Trinajstić information content (AvgIpc) is 2.79. The van der Waals surface area contributed by atoms with Crippen molar-refractivity contribution in [3.05, 3.63) is 53.9 Å². The molecule has 1 heterocycles. The van der Waals surface area contributed by atoms with E-state index in [9.17, 15) is 8.78 Å². The van der Waals surface area contributed by atoms with Crippen molar-refractivity contribution in [3.8, 4) is 5.75 Å². The molecule has 3 rings (SSSR count). The highest BCUT2D eigenvalue weighted by Crippen LogP contribution is 2.31. The molecule has 0 radical (unpaired) electrons. The van der Waals surface area contributed by atoms with Gasteiger partial charge in [0.1, 0.15) is 5.82 Å². The Hall–Kier alpha value is -2.63. The van der Waals surface area contributed by atoms with Crippen LogP contribution in [0, 0.1) is 11.6 Å². The molecule has 0 aliphatic rings. The van der Waals surface area contributed by atoms with Crippen molar-refractivity contribution in [3.63, 3.8) is 0 Å². The summed E-state index contributed by atoms with van der Waals surface area (Å²) in [6, 6.07) is 8.66. The van der Waals surface area contributed by atoms with E-state index in [0.29, 0.717) is 11.5 Å². The normalized spacial score (nSPS) is 11.9. The maximum absolute atomic E-state index is 13.8. The molecule has 3 aromatic rings. The van der Waals surface area contributed by atoms with Gasteiger partial charge in [0.25, 0.3) is 0 Å². The van der Waals surface area contributed by atoms with Crippen LogP contribution in [0.25, 0.3) is 11.0 Å². The molecule has 120 valence electrons. The van der Waals surface area contributed by atoms with Gasteiger partial charge >= 0.3 is 0 Å². The van der Waals surface area contributed by atoms with E-state index >= 15 is 0 Å². The zero-order valence-electron chi connectivity index (χ0n) is 13.1. The number of nitrogens with two attached hydrogens (primary N) is 1. The number of rotatable bonds is 3. The molecule has 0 aliphatic heterocycles. The lowest BCUT2D eigenvalue weighted by molar-refractivity contribution is 0.0901. The summed E-state index contributed by atoms with van der Waals surface area (Å²) < 4.78 is 34.5. The smallest absolute Gasteiger partial charge is 0.168 e. The topological polar surface area (TPSA) is 53.1 Å². The Kier molecular flexibility index (Phi) is 3.47. The lowest BCUT2D eigenvalue weighted by Gasteiger charge is -2.26. The van der Waals surface area contributed by atoms with Gasteiger partial charge in [0.05, 0.1) is 11.0 Å². The van der Waals surface area contributed by atoms with Crippen LogP contribution in [0.5, 0.6) is 5.75 Å². The third kappa shape index (κ3) is 2.72. The van der Waals surface area contributed by atoms with Gasteiger partial charge in [0, 0.05) is 18.8 Å². The lowest BCUT2D eigenvalue weighted by Crippen LogP contribution is -2.29. The summed E-state index contributed by atoms with van der Waals surface area (Å²) in [6.45, 7) is 3.56. The summed E-state index contributed by atoms with van der Waals surface area (Å²) >= 11 is 0. The minimum Gasteiger partial charge on any atom is -0.477 e. The molecule has 2 aromatic carbocycles. The molecule has 0 aliphatic carbocycles. The number of halogens is 2. The Labute approximate surface area is 132 Å². The number of nitrogen functional groups attached to an aromatic ring is 1. The second-order valence-corrected chi connectivity index (χ2v) is 5.93. The van der Waals surface area contributed by atoms with Crippen LogP contribution in [0.3, 0.4) is 0 Å². The first-order valence-corrected chi connectivity index (χ1v) is 7.14. The highest BCUT2D eigenvalue weighted by Gasteiger charge is 2.30. The number of benzene rings is 2. The highest BCUT2D eigenvalue weighted by atomic mass is 19.1. The number of anilines is 1. The number of aromatic nitrogens is 2. The molecule has 1 aromatic heterocycles. The van der Waals surface area contributed by atoms with Crippen molar-refractivity contribution in [2.45, 2.75) is 19.4 Å². The summed E-state index contributed by atoms with van der Waals surface area (Å²) in [5, 5.41) is 0. The second-order valence-electron chi connectivity index (χ2n) is 5.93. The number of imidazole rings is 1. The van der Waals surface area contributed by atoms with Crippen molar-refractivity contribution in [1.29, 1.82) is 0 Å². The van der Waals surface area contributed by atoms with E-state index in [2.05, 4.69) is 4.98 Å². The standard InChI is InChI=1S/C17H17F2N3O/c1-17(2,23-15-7-4-10(18)8-12(15)19)16-21-13-9-11(20)5-6-14(13)22(16)3/h4-9H,20H2,1-3H3. The van der Waals surface area contributed by atoms with Crippen molar-refractivity contribution >= 4 is 16.7 Å². The molecule has 4 nitrogen and oxygen atoms in total. The first kappa shape index (κ1) is 15.3. The van der Waals surface area contributed by atoms with E-state index in [1.54, 1.807) is 26.0 Å². The van der Waals surface area contributed by atoms with E-state index in [1.165, 1.54) is 6.07 Å². The van der Waals surface area contributed by atoms with Gasteiger partial charge in [-0.2, -0.15) is 0 Å². The number of hydrogen-bond donors (Lipinski definition) is 1. The Bertz CT molecular complexity index is 887. The van der Waals surface area contributed by atoms with Crippen LogP contribution in [0.2, 0.25) is 0 Å². The van der Waals surface area contributed by atoms with Gasteiger partial charge in [0.2, 0.25) is 0 Å². The fourth-order valence-electron chi connectivity index (χ4n) is 2.63. The summed E-state index contributed by atoms with van der Waals surface area (Å²) in [6.07, 6.45) is 0. The van der Waals surface area contributed by atoms with Crippen LogP contribution in [0.4, 0.5) is 14.5 Å². The van der Waals surface area contributed by atoms with Crippen LogP contribution in [0.15, 0.2) is 36.4 Å². The van der Waals surface area contributed by atoms with Gasteiger partial charge in [-0.25, -0.2) is 13.8 Å². The number of ether oxygens (including phenoxy) is 1. The molecule has 0 unspecified atom stereocenters. The Balaban J connectivity index is 2.03. The Morgan fingerprint density at radius 3 is 2.57 bits per heavy atom. The molecule has 2 N–H and O–H groups in total. The number of aryl methyl sites for hydroxylation is 1. The third-order valence-corrected chi connectivity index (χ3v) is 3.70. The first-order valence-electron chi connectivity index (χ1n) is 7.14. The first-order chi connectivity index (χ1) is 10.8. The number of hydrogen-bond acceptors (Lipinski definition) is 3. The van der Waals surface area contributed by atoms with Crippen LogP contribution >= 0.6 is 0 Å². The molecule has 0 amide bonds. The molecule has 0 fully saturated rings. The van der Waals surface area contributed by atoms with Crippen molar-refractivity contribution < 1.29 is 13.5 Å². The lowest BCUT2D eigenvalue weighted by atomic mass is 10.1. The number of fused-ring (bicyclic) bond motifs is 1. The predicted molar refractivity (Wildman–Crippen MR) is 85.1 cm³/mol. The fourth-order valence-corrected chi connectivity index (χ4v) is 2.63. The van der Waals surface area contributed by atoms with Crippen LogP contribution in [-0.2, 0) is 12.6 Å².